The number of sulfonamides is 1. The first-order chi connectivity index (χ1) is 20.4. The van der Waals surface area contributed by atoms with Gasteiger partial charge in [0.05, 0.1) is 24.3 Å². The Labute approximate surface area is 254 Å². The molecule has 9 nitrogen and oxygen atoms in total. The van der Waals surface area contributed by atoms with Crippen LogP contribution in [-0.4, -0.2) is 56.2 Å². The number of aromatic nitrogens is 2. The number of benzene rings is 2. The minimum absolute atomic E-state index is 0.0206. The van der Waals surface area contributed by atoms with Gasteiger partial charge in [0.25, 0.3) is 10.0 Å². The summed E-state index contributed by atoms with van der Waals surface area (Å²) in [7, 11) is -2.57. The lowest BCUT2D eigenvalue weighted by Gasteiger charge is -2.59. The van der Waals surface area contributed by atoms with Gasteiger partial charge in [-0.2, -0.15) is 4.98 Å². The van der Waals surface area contributed by atoms with Crippen LogP contribution in [0.25, 0.3) is 11.3 Å². The third kappa shape index (κ3) is 5.34. The van der Waals surface area contributed by atoms with E-state index in [-0.39, 0.29) is 33.7 Å². The van der Waals surface area contributed by atoms with Crippen molar-refractivity contribution in [2.45, 2.75) is 63.7 Å². The van der Waals surface area contributed by atoms with Crippen molar-refractivity contribution in [1.29, 1.82) is 0 Å². The van der Waals surface area contributed by atoms with E-state index in [1.807, 2.05) is 56.3 Å². The highest BCUT2D eigenvalue weighted by atomic mass is 32.2. The Morgan fingerprint density at radius 1 is 1.12 bits per heavy atom. The fraction of sp³-hybridized carbons (Fsp3) is 0.485. The number of aryl methyl sites for hydroxylation is 2. The molecular weight excluding hydrogens is 564 g/mol. The SMILES string of the molecule is COC(=O)N1CCC2(C1)CC1(C2)c2cccc(c2)S(=O)(=O)Nc2nc(cc(-c3c(C)cccc3C)n2)OC[C@H]1CC(C)C. The van der Waals surface area contributed by atoms with Crippen molar-refractivity contribution >= 4 is 22.1 Å². The summed E-state index contributed by atoms with van der Waals surface area (Å²) in [6.45, 7) is 10.2. The van der Waals surface area contributed by atoms with E-state index in [2.05, 4.69) is 28.5 Å². The van der Waals surface area contributed by atoms with Gasteiger partial charge in [-0.3, -0.25) is 0 Å². The van der Waals surface area contributed by atoms with E-state index in [1.54, 1.807) is 11.0 Å². The first-order valence-electron chi connectivity index (χ1n) is 15.0. The van der Waals surface area contributed by atoms with Gasteiger partial charge >= 0.3 is 6.09 Å². The standard InChI is InChI=1S/C33H40N4O5S/c1-21(2)14-25-17-42-28-16-27(29-22(3)8-6-9-23(29)4)34-30(35-28)36-43(39,40)26-11-7-10-24(15-26)33(25)18-32(19-33)12-13-37(20-32)31(38)41-5/h6-11,15-16,21,25H,12-14,17-20H2,1-5H3,(H,34,35,36)/t25-,32?,33?/m1/s1. The highest BCUT2D eigenvalue weighted by molar-refractivity contribution is 7.92. The summed E-state index contributed by atoms with van der Waals surface area (Å²) in [6, 6.07) is 15.1. The zero-order chi connectivity index (χ0) is 30.6. The van der Waals surface area contributed by atoms with Gasteiger partial charge in [0.1, 0.15) is 0 Å². The number of likely N-dealkylation sites (tertiary alicyclic amines) is 1. The van der Waals surface area contributed by atoms with E-state index < -0.39 is 10.0 Å². The van der Waals surface area contributed by atoms with Gasteiger partial charge in [0.2, 0.25) is 11.8 Å². The normalized spacial score (nSPS) is 25.8. The van der Waals surface area contributed by atoms with Crippen LogP contribution in [0.3, 0.4) is 0 Å². The molecule has 2 aromatic carbocycles. The third-order valence-corrected chi connectivity index (χ3v) is 10.9. The molecule has 1 aromatic heterocycles. The van der Waals surface area contributed by atoms with Gasteiger partial charge in [-0.15, -0.1) is 0 Å². The Kier molecular flexibility index (Phi) is 7.39. The number of anilines is 1. The molecule has 1 saturated carbocycles. The Morgan fingerprint density at radius 2 is 1.84 bits per heavy atom. The van der Waals surface area contributed by atoms with Crippen molar-refractivity contribution in [2.75, 3.05) is 31.5 Å². The van der Waals surface area contributed by atoms with Gasteiger partial charge in [-0.1, -0.05) is 44.2 Å². The van der Waals surface area contributed by atoms with Gasteiger partial charge in [0.15, 0.2) is 0 Å². The number of carbonyl (C=O) groups excluding carboxylic acids is 1. The first kappa shape index (κ1) is 29.4. The maximum Gasteiger partial charge on any atom is 0.409 e. The van der Waals surface area contributed by atoms with Gasteiger partial charge < -0.3 is 14.4 Å². The zero-order valence-corrected chi connectivity index (χ0v) is 26.3. The maximum absolute atomic E-state index is 13.8. The van der Waals surface area contributed by atoms with Crippen LogP contribution < -0.4 is 9.46 Å². The zero-order valence-electron chi connectivity index (χ0n) is 25.5. The number of hydrogen-bond donors (Lipinski definition) is 1. The van der Waals surface area contributed by atoms with E-state index in [0.717, 1.165) is 47.9 Å². The molecule has 2 aliphatic heterocycles. The second kappa shape index (κ2) is 10.8. The molecule has 2 fully saturated rings. The number of nitrogens with zero attached hydrogens (tertiary/aromatic N) is 3. The van der Waals surface area contributed by atoms with Crippen LogP contribution in [0, 0.1) is 31.1 Å². The van der Waals surface area contributed by atoms with Crippen LogP contribution in [-0.2, 0) is 20.2 Å². The number of rotatable bonds is 3. The summed E-state index contributed by atoms with van der Waals surface area (Å²) in [5.74, 6) is 0.806. The van der Waals surface area contributed by atoms with Crippen LogP contribution >= 0.6 is 0 Å². The maximum atomic E-state index is 13.8. The monoisotopic (exact) mass is 604 g/mol. The molecule has 1 amide bonds. The third-order valence-electron chi connectivity index (χ3n) is 9.61. The second-order valence-electron chi connectivity index (χ2n) is 13.1. The predicted octanol–water partition coefficient (Wildman–Crippen LogP) is 6.11. The van der Waals surface area contributed by atoms with Crippen molar-refractivity contribution in [3.63, 3.8) is 0 Å². The van der Waals surface area contributed by atoms with Crippen molar-refractivity contribution in [2.24, 2.45) is 17.3 Å². The summed E-state index contributed by atoms with van der Waals surface area (Å²) in [5.41, 5.74) is 4.24. The summed E-state index contributed by atoms with van der Waals surface area (Å²) in [4.78, 5) is 23.5. The van der Waals surface area contributed by atoms with Gasteiger partial charge in [-0.05, 0) is 79.7 Å². The van der Waals surface area contributed by atoms with Crippen LogP contribution in [0.1, 0.15) is 56.2 Å². The minimum atomic E-state index is -3.99. The first-order valence-corrected chi connectivity index (χ1v) is 16.5. The fourth-order valence-electron chi connectivity index (χ4n) is 7.78. The van der Waals surface area contributed by atoms with E-state index in [1.165, 1.54) is 7.11 Å². The molecule has 1 aliphatic carbocycles. The lowest BCUT2D eigenvalue weighted by atomic mass is 9.45. The highest BCUT2D eigenvalue weighted by Gasteiger charge is 2.61. The van der Waals surface area contributed by atoms with E-state index >= 15 is 0 Å². The molecule has 228 valence electrons. The molecule has 2 spiro atoms. The number of methoxy groups -OCH3 is 1. The Morgan fingerprint density at radius 3 is 2.53 bits per heavy atom. The highest BCUT2D eigenvalue weighted by Crippen LogP contribution is 2.64. The molecule has 43 heavy (non-hydrogen) atoms. The van der Waals surface area contributed by atoms with Gasteiger partial charge in [-0.25, -0.2) is 22.9 Å². The predicted molar refractivity (Wildman–Crippen MR) is 165 cm³/mol. The molecular formula is C33H40N4O5S. The molecule has 0 radical (unpaired) electrons. The van der Waals surface area contributed by atoms with E-state index in [4.69, 9.17) is 9.47 Å². The quantitative estimate of drug-likeness (QED) is 0.384. The summed E-state index contributed by atoms with van der Waals surface area (Å²) in [5, 5.41) is 0. The lowest BCUT2D eigenvalue weighted by molar-refractivity contribution is -0.0331. The number of ether oxygens (including phenoxy) is 2. The average molecular weight is 605 g/mol. The summed E-state index contributed by atoms with van der Waals surface area (Å²) >= 11 is 0. The fourth-order valence-corrected chi connectivity index (χ4v) is 8.76. The molecule has 3 aromatic rings. The minimum Gasteiger partial charge on any atom is -0.477 e. The molecule has 1 N–H and O–H groups in total. The molecule has 3 heterocycles. The van der Waals surface area contributed by atoms with E-state index in [0.29, 0.717) is 37.2 Å². The number of carbonyl (C=O) groups is 1. The van der Waals surface area contributed by atoms with Crippen molar-refractivity contribution < 1.29 is 22.7 Å². The number of nitrogens with one attached hydrogen (secondary N) is 1. The Bertz CT molecular complexity index is 1650. The molecule has 3 aliphatic rings. The molecule has 10 heteroatoms. The number of hydrogen-bond acceptors (Lipinski definition) is 7. The largest absolute Gasteiger partial charge is 0.477 e. The Balaban J connectivity index is 1.45. The van der Waals surface area contributed by atoms with Crippen LogP contribution in [0.5, 0.6) is 5.88 Å². The van der Waals surface area contributed by atoms with Crippen molar-refractivity contribution in [3.8, 4) is 17.1 Å². The molecule has 4 bridgehead atoms. The smallest absolute Gasteiger partial charge is 0.409 e. The van der Waals surface area contributed by atoms with Crippen LogP contribution in [0.15, 0.2) is 53.4 Å². The number of amides is 1. The van der Waals surface area contributed by atoms with Crippen LogP contribution in [0.2, 0.25) is 0 Å². The van der Waals surface area contributed by atoms with Gasteiger partial charge in [0, 0.05) is 36.1 Å². The number of fused-ring (bicyclic) bond motifs is 5. The molecule has 0 unspecified atom stereocenters. The second-order valence-corrected chi connectivity index (χ2v) is 14.8. The van der Waals surface area contributed by atoms with Crippen molar-refractivity contribution in [1.82, 2.24) is 14.9 Å². The van der Waals surface area contributed by atoms with Crippen molar-refractivity contribution in [3.05, 3.63) is 65.2 Å². The topological polar surface area (TPSA) is 111 Å². The van der Waals surface area contributed by atoms with Crippen LogP contribution in [0.4, 0.5) is 10.7 Å². The molecule has 6 rings (SSSR count). The summed E-state index contributed by atoms with van der Waals surface area (Å²) in [6.07, 6.45) is 3.18. The summed E-state index contributed by atoms with van der Waals surface area (Å²) < 4.78 is 41.7. The lowest BCUT2D eigenvalue weighted by Crippen LogP contribution is -2.56. The molecule has 1 saturated heterocycles. The van der Waals surface area contributed by atoms with E-state index in [9.17, 15) is 13.2 Å². The molecule has 1 atom stereocenters. The average Bonchev–Trinajstić information content (AvgIpc) is 3.38. The Hall–Kier alpha value is -3.66.